The molecule has 2 N–H and O–H groups in total. The third-order valence-corrected chi connectivity index (χ3v) is 3.19. The molecule has 0 heterocycles. The molecule has 1 rings (SSSR count). The van der Waals surface area contributed by atoms with Gasteiger partial charge in [-0.3, -0.25) is 9.00 Å². The van der Waals surface area contributed by atoms with Crippen LogP contribution in [0.15, 0.2) is 24.3 Å². The largest absolute Gasteiger partial charge is 0.384 e. The lowest BCUT2D eigenvalue weighted by atomic mass is 10.1. The number of hydrogen-bond donors (Lipinski definition) is 2. The fourth-order valence-electron chi connectivity index (χ4n) is 1.46. The van der Waals surface area contributed by atoms with Crippen LogP contribution in [0.25, 0.3) is 0 Å². The van der Waals surface area contributed by atoms with Crippen LogP contribution in [0.1, 0.15) is 22.3 Å². The first-order chi connectivity index (χ1) is 9.13. The van der Waals surface area contributed by atoms with Crippen molar-refractivity contribution in [2.75, 3.05) is 25.2 Å². The van der Waals surface area contributed by atoms with Crippen LogP contribution >= 0.6 is 0 Å². The van der Waals surface area contributed by atoms with Crippen LogP contribution in [-0.2, 0) is 10.8 Å². The number of benzene rings is 1. The summed E-state index contributed by atoms with van der Waals surface area (Å²) < 4.78 is 10.9. The van der Waals surface area contributed by atoms with Gasteiger partial charge in [-0.2, -0.15) is 0 Å². The van der Waals surface area contributed by atoms with Crippen molar-refractivity contribution in [1.82, 2.24) is 5.32 Å². The van der Waals surface area contributed by atoms with Gasteiger partial charge in [0.25, 0.3) is 5.91 Å². The Morgan fingerprint density at radius 1 is 1.47 bits per heavy atom. The van der Waals surface area contributed by atoms with Gasteiger partial charge in [0.15, 0.2) is 0 Å². The molecule has 0 radical (unpaired) electrons. The molecule has 0 aromatic heterocycles. The highest BCUT2D eigenvalue weighted by atomic mass is 32.2. The summed E-state index contributed by atoms with van der Waals surface area (Å²) in [7, 11) is -0.825. The molecule has 19 heavy (non-hydrogen) atoms. The zero-order valence-corrected chi connectivity index (χ0v) is 11.6. The number of rotatable bonds is 5. The summed E-state index contributed by atoms with van der Waals surface area (Å²) >= 11 is 0. The van der Waals surface area contributed by atoms with Crippen LogP contribution in [0.2, 0.25) is 0 Å². The number of aliphatic hydroxyl groups is 1. The molecule has 1 amide bonds. The summed E-state index contributed by atoms with van der Waals surface area (Å²) in [6, 6.07) is 6.91. The number of nitrogens with one attached hydrogen (secondary N) is 1. The predicted octanol–water partition coefficient (Wildman–Crippen LogP) is 0.529. The molecule has 1 atom stereocenters. The zero-order valence-electron chi connectivity index (χ0n) is 10.8. The van der Waals surface area contributed by atoms with Crippen molar-refractivity contribution in [2.24, 2.45) is 0 Å². The lowest BCUT2D eigenvalue weighted by Gasteiger charge is -2.04. The maximum atomic E-state index is 11.8. The first-order valence-corrected chi connectivity index (χ1v) is 7.64. The summed E-state index contributed by atoms with van der Waals surface area (Å²) in [5.74, 6) is 5.70. The minimum absolute atomic E-state index is 0.172. The fourth-order valence-corrected chi connectivity index (χ4v) is 2.01. The lowest BCUT2D eigenvalue weighted by molar-refractivity contribution is 0.0953. The molecule has 0 saturated heterocycles. The maximum Gasteiger partial charge on any atom is 0.251 e. The Kier molecular flexibility index (Phi) is 6.86. The molecule has 102 valence electrons. The monoisotopic (exact) mass is 279 g/mol. The van der Waals surface area contributed by atoms with E-state index in [1.165, 1.54) is 0 Å². The molecule has 1 aromatic rings. The van der Waals surface area contributed by atoms with Crippen LogP contribution in [0, 0.1) is 11.8 Å². The van der Waals surface area contributed by atoms with Gasteiger partial charge in [-0.1, -0.05) is 17.9 Å². The number of aliphatic hydroxyl groups excluding tert-OH is 1. The number of amides is 1. The number of carbonyl (C=O) groups excluding carboxylic acids is 1. The molecule has 0 fully saturated rings. The van der Waals surface area contributed by atoms with Gasteiger partial charge in [-0.25, -0.2) is 0 Å². The minimum atomic E-state index is -0.825. The van der Waals surface area contributed by atoms with Gasteiger partial charge in [0.1, 0.15) is 6.61 Å². The molecule has 1 aromatic carbocycles. The van der Waals surface area contributed by atoms with Gasteiger partial charge in [0, 0.05) is 40.5 Å². The van der Waals surface area contributed by atoms with Gasteiger partial charge in [0.05, 0.1) is 0 Å². The van der Waals surface area contributed by atoms with E-state index in [0.717, 1.165) is 0 Å². The van der Waals surface area contributed by atoms with Crippen LogP contribution in [0.3, 0.4) is 0 Å². The smallest absolute Gasteiger partial charge is 0.251 e. The van der Waals surface area contributed by atoms with Crippen molar-refractivity contribution < 1.29 is 14.1 Å². The topological polar surface area (TPSA) is 66.4 Å². The minimum Gasteiger partial charge on any atom is -0.384 e. The molecular weight excluding hydrogens is 262 g/mol. The summed E-state index contributed by atoms with van der Waals surface area (Å²) in [4.78, 5) is 11.8. The summed E-state index contributed by atoms with van der Waals surface area (Å²) in [6.07, 6.45) is 2.34. The molecule has 1 unspecified atom stereocenters. The standard InChI is InChI=1S/C14H17NO3S/c1-19(18)10-4-8-15-14(17)13-7-2-5-12(11-13)6-3-9-16/h2,5,7,11,16H,4,8-10H2,1H3,(H,15,17). The maximum absolute atomic E-state index is 11.8. The third-order valence-electron chi connectivity index (χ3n) is 2.33. The predicted molar refractivity (Wildman–Crippen MR) is 76.3 cm³/mol. The normalized spacial score (nSPS) is 11.3. The number of carbonyl (C=O) groups is 1. The Morgan fingerprint density at radius 3 is 2.95 bits per heavy atom. The fraction of sp³-hybridized carbons (Fsp3) is 0.357. The van der Waals surface area contributed by atoms with E-state index in [9.17, 15) is 9.00 Å². The van der Waals surface area contributed by atoms with Gasteiger partial charge in [-0.15, -0.1) is 0 Å². The van der Waals surface area contributed by atoms with Gasteiger partial charge in [-0.05, 0) is 24.6 Å². The molecular formula is C14H17NO3S. The molecule has 5 heteroatoms. The highest BCUT2D eigenvalue weighted by Gasteiger charge is 2.04. The second kappa shape index (κ2) is 8.46. The Bertz CT molecular complexity index is 517. The van der Waals surface area contributed by atoms with E-state index in [1.54, 1.807) is 30.5 Å². The molecule has 0 bridgehead atoms. The Hall–Kier alpha value is -1.64. The van der Waals surface area contributed by atoms with E-state index in [0.29, 0.717) is 29.8 Å². The molecule has 0 aliphatic rings. The molecule has 4 nitrogen and oxygen atoms in total. The first-order valence-electron chi connectivity index (χ1n) is 5.91. The average molecular weight is 279 g/mol. The van der Waals surface area contributed by atoms with Crippen LogP contribution in [0.4, 0.5) is 0 Å². The molecule has 0 aliphatic carbocycles. The Labute approximate surface area is 115 Å². The van der Waals surface area contributed by atoms with E-state index in [1.807, 2.05) is 0 Å². The van der Waals surface area contributed by atoms with E-state index in [4.69, 9.17) is 5.11 Å². The molecule has 0 aliphatic heterocycles. The number of hydrogen-bond acceptors (Lipinski definition) is 3. The average Bonchev–Trinajstić information content (AvgIpc) is 2.41. The summed E-state index contributed by atoms with van der Waals surface area (Å²) in [6.45, 7) is 0.301. The quantitative estimate of drug-likeness (QED) is 0.610. The summed E-state index contributed by atoms with van der Waals surface area (Å²) in [5.41, 5.74) is 1.22. The van der Waals surface area contributed by atoms with E-state index < -0.39 is 10.8 Å². The first kappa shape index (κ1) is 15.4. The van der Waals surface area contributed by atoms with Crippen LogP contribution in [-0.4, -0.2) is 40.4 Å². The highest BCUT2D eigenvalue weighted by Crippen LogP contribution is 2.04. The van der Waals surface area contributed by atoms with Crippen molar-refractivity contribution in [2.45, 2.75) is 6.42 Å². The van der Waals surface area contributed by atoms with Crippen molar-refractivity contribution in [1.29, 1.82) is 0 Å². The van der Waals surface area contributed by atoms with E-state index in [2.05, 4.69) is 17.2 Å². The second-order valence-electron chi connectivity index (χ2n) is 3.93. The lowest BCUT2D eigenvalue weighted by Crippen LogP contribution is -2.25. The van der Waals surface area contributed by atoms with E-state index >= 15 is 0 Å². The zero-order chi connectivity index (χ0) is 14.1. The Balaban J connectivity index is 2.54. The van der Waals surface area contributed by atoms with Crippen molar-refractivity contribution in [3.05, 3.63) is 35.4 Å². The van der Waals surface area contributed by atoms with Gasteiger partial charge in [0.2, 0.25) is 0 Å². The second-order valence-corrected chi connectivity index (χ2v) is 5.48. The SMILES string of the molecule is CS(=O)CCCNC(=O)c1cccc(C#CCO)c1. The van der Waals surface area contributed by atoms with Crippen molar-refractivity contribution in [3.8, 4) is 11.8 Å². The highest BCUT2D eigenvalue weighted by molar-refractivity contribution is 7.84. The van der Waals surface area contributed by atoms with E-state index in [-0.39, 0.29) is 12.5 Å². The summed E-state index contributed by atoms with van der Waals surface area (Å²) in [5, 5.41) is 11.4. The third kappa shape index (κ3) is 6.18. The Morgan fingerprint density at radius 2 is 2.26 bits per heavy atom. The van der Waals surface area contributed by atoms with Crippen LogP contribution < -0.4 is 5.32 Å². The van der Waals surface area contributed by atoms with Crippen molar-refractivity contribution in [3.63, 3.8) is 0 Å². The van der Waals surface area contributed by atoms with Crippen molar-refractivity contribution >= 4 is 16.7 Å². The van der Waals surface area contributed by atoms with Gasteiger partial charge >= 0.3 is 0 Å². The molecule has 0 saturated carbocycles. The van der Waals surface area contributed by atoms with Gasteiger partial charge < -0.3 is 10.4 Å². The van der Waals surface area contributed by atoms with Crippen LogP contribution in [0.5, 0.6) is 0 Å². The molecule has 0 spiro atoms.